The average molecular weight is 168 g/mol. The van der Waals surface area contributed by atoms with Gasteiger partial charge in [0.1, 0.15) is 11.9 Å². The highest BCUT2D eigenvalue weighted by atomic mass is 19.1. The number of rotatable bonds is 2. The maximum atomic E-state index is 12.9. The van der Waals surface area contributed by atoms with Crippen LogP contribution in [0.1, 0.15) is 17.3 Å². The molecule has 0 fully saturated rings. The molecule has 0 heterocycles. The SMILES string of the molecule is CC(O)C(=O)c1ccccc1F. The highest BCUT2D eigenvalue weighted by molar-refractivity contribution is 5.99. The molecule has 1 atom stereocenters. The van der Waals surface area contributed by atoms with Crippen LogP contribution < -0.4 is 0 Å². The van der Waals surface area contributed by atoms with Gasteiger partial charge in [-0.2, -0.15) is 0 Å². The number of ketones is 1. The first-order valence-corrected chi connectivity index (χ1v) is 3.59. The maximum Gasteiger partial charge on any atom is 0.193 e. The fourth-order valence-electron chi connectivity index (χ4n) is 0.886. The predicted molar refractivity (Wildman–Crippen MR) is 42.4 cm³/mol. The number of benzene rings is 1. The maximum absolute atomic E-state index is 12.9. The quantitative estimate of drug-likeness (QED) is 0.677. The molecule has 1 rings (SSSR count). The van der Waals surface area contributed by atoms with E-state index < -0.39 is 17.7 Å². The van der Waals surface area contributed by atoms with Crippen LogP contribution >= 0.6 is 0 Å². The summed E-state index contributed by atoms with van der Waals surface area (Å²) in [5, 5.41) is 8.88. The Hall–Kier alpha value is -1.22. The third kappa shape index (κ3) is 1.68. The first-order valence-electron chi connectivity index (χ1n) is 3.59. The molecule has 3 heteroatoms. The van der Waals surface area contributed by atoms with E-state index >= 15 is 0 Å². The molecule has 0 saturated heterocycles. The van der Waals surface area contributed by atoms with Crippen molar-refractivity contribution in [1.82, 2.24) is 0 Å². The molecule has 0 aliphatic carbocycles. The van der Waals surface area contributed by atoms with E-state index in [0.29, 0.717) is 0 Å². The second kappa shape index (κ2) is 3.45. The lowest BCUT2D eigenvalue weighted by Gasteiger charge is -2.03. The second-order valence-electron chi connectivity index (χ2n) is 2.52. The zero-order chi connectivity index (χ0) is 9.14. The Morgan fingerprint density at radius 3 is 2.58 bits per heavy atom. The molecule has 12 heavy (non-hydrogen) atoms. The molecule has 1 N–H and O–H groups in total. The molecule has 0 radical (unpaired) electrons. The zero-order valence-corrected chi connectivity index (χ0v) is 6.62. The molecule has 0 amide bonds. The summed E-state index contributed by atoms with van der Waals surface area (Å²) < 4.78 is 12.9. The van der Waals surface area contributed by atoms with Crippen LogP contribution in [-0.4, -0.2) is 17.0 Å². The summed E-state index contributed by atoms with van der Waals surface area (Å²) in [6.07, 6.45) is -1.15. The van der Waals surface area contributed by atoms with E-state index in [1.165, 1.54) is 25.1 Å². The Bertz CT molecular complexity index is 294. The normalized spacial score (nSPS) is 12.6. The van der Waals surface area contributed by atoms with Crippen molar-refractivity contribution in [2.45, 2.75) is 13.0 Å². The lowest BCUT2D eigenvalue weighted by atomic mass is 10.1. The average Bonchev–Trinajstić information content (AvgIpc) is 2.04. The first-order chi connectivity index (χ1) is 5.63. The monoisotopic (exact) mass is 168 g/mol. The van der Waals surface area contributed by atoms with E-state index in [0.717, 1.165) is 0 Å². The summed E-state index contributed by atoms with van der Waals surface area (Å²) in [7, 11) is 0. The number of hydrogen-bond acceptors (Lipinski definition) is 2. The summed E-state index contributed by atoms with van der Waals surface area (Å²) in [6, 6.07) is 5.59. The van der Waals surface area contributed by atoms with Crippen molar-refractivity contribution in [2.75, 3.05) is 0 Å². The van der Waals surface area contributed by atoms with E-state index in [4.69, 9.17) is 5.11 Å². The van der Waals surface area contributed by atoms with Crippen LogP contribution in [0.25, 0.3) is 0 Å². The van der Waals surface area contributed by atoms with Gasteiger partial charge in [0.15, 0.2) is 5.78 Å². The molecular weight excluding hydrogens is 159 g/mol. The lowest BCUT2D eigenvalue weighted by Crippen LogP contribution is -2.17. The number of Topliss-reactive ketones (excluding diaryl/α,β-unsaturated/α-hetero) is 1. The van der Waals surface area contributed by atoms with Crippen molar-refractivity contribution < 1.29 is 14.3 Å². The van der Waals surface area contributed by atoms with Gasteiger partial charge in [0.05, 0.1) is 5.56 Å². The van der Waals surface area contributed by atoms with Crippen molar-refractivity contribution >= 4 is 5.78 Å². The lowest BCUT2D eigenvalue weighted by molar-refractivity contribution is 0.0775. The van der Waals surface area contributed by atoms with Crippen LogP contribution in [0.4, 0.5) is 4.39 Å². The number of carbonyl (C=O) groups excluding carboxylic acids is 1. The number of aliphatic hydroxyl groups excluding tert-OH is 1. The fraction of sp³-hybridized carbons (Fsp3) is 0.222. The van der Waals surface area contributed by atoms with Gasteiger partial charge in [-0.1, -0.05) is 12.1 Å². The third-order valence-corrected chi connectivity index (χ3v) is 1.52. The minimum Gasteiger partial charge on any atom is -0.385 e. The minimum atomic E-state index is -1.15. The Labute approximate surface area is 69.6 Å². The summed E-state index contributed by atoms with van der Waals surface area (Å²) in [5.74, 6) is -1.18. The predicted octanol–water partition coefficient (Wildman–Crippen LogP) is 1.39. The van der Waals surface area contributed by atoms with Crippen LogP contribution in [0.2, 0.25) is 0 Å². The van der Waals surface area contributed by atoms with Crippen molar-refractivity contribution in [3.63, 3.8) is 0 Å². The third-order valence-electron chi connectivity index (χ3n) is 1.52. The fourth-order valence-corrected chi connectivity index (χ4v) is 0.886. The first kappa shape index (κ1) is 8.87. The topological polar surface area (TPSA) is 37.3 Å². The Balaban J connectivity index is 3.03. The van der Waals surface area contributed by atoms with Gasteiger partial charge < -0.3 is 5.11 Å². The molecule has 1 aromatic carbocycles. The second-order valence-corrected chi connectivity index (χ2v) is 2.52. The molecule has 0 spiro atoms. The molecule has 1 unspecified atom stereocenters. The van der Waals surface area contributed by atoms with Crippen LogP contribution in [0, 0.1) is 5.82 Å². The van der Waals surface area contributed by atoms with Crippen molar-refractivity contribution in [2.24, 2.45) is 0 Å². The van der Waals surface area contributed by atoms with Gasteiger partial charge in [0, 0.05) is 0 Å². The van der Waals surface area contributed by atoms with E-state index in [2.05, 4.69) is 0 Å². The van der Waals surface area contributed by atoms with Crippen molar-refractivity contribution in [1.29, 1.82) is 0 Å². The zero-order valence-electron chi connectivity index (χ0n) is 6.62. The Morgan fingerprint density at radius 2 is 2.08 bits per heavy atom. The minimum absolute atomic E-state index is 0.0625. The van der Waals surface area contributed by atoms with E-state index in [1.807, 2.05) is 0 Å². The number of hydrogen-bond donors (Lipinski definition) is 1. The molecule has 0 saturated carbocycles. The smallest absolute Gasteiger partial charge is 0.193 e. The van der Waals surface area contributed by atoms with Gasteiger partial charge in [0.2, 0.25) is 0 Å². The van der Waals surface area contributed by atoms with Gasteiger partial charge in [-0.05, 0) is 19.1 Å². The highest BCUT2D eigenvalue weighted by Gasteiger charge is 2.15. The number of halogens is 1. The standard InChI is InChI=1S/C9H9FO2/c1-6(11)9(12)7-4-2-3-5-8(7)10/h2-6,11H,1H3. The molecule has 64 valence electrons. The Kier molecular flexibility index (Phi) is 2.55. The van der Waals surface area contributed by atoms with Gasteiger partial charge in [-0.25, -0.2) is 4.39 Å². The van der Waals surface area contributed by atoms with E-state index in [9.17, 15) is 9.18 Å². The summed E-state index contributed by atoms with van der Waals surface area (Å²) >= 11 is 0. The van der Waals surface area contributed by atoms with Crippen LogP contribution in [0.15, 0.2) is 24.3 Å². The largest absolute Gasteiger partial charge is 0.385 e. The van der Waals surface area contributed by atoms with Gasteiger partial charge in [-0.3, -0.25) is 4.79 Å². The van der Waals surface area contributed by atoms with Crippen LogP contribution in [-0.2, 0) is 0 Å². The van der Waals surface area contributed by atoms with Crippen molar-refractivity contribution in [3.8, 4) is 0 Å². The molecule has 0 aliphatic heterocycles. The van der Waals surface area contributed by atoms with Crippen LogP contribution in [0.3, 0.4) is 0 Å². The van der Waals surface area contributed by atoms with Gasteiger partial charge >= 0.3 is 0 Å². The molecule has 1 aromatic rings. The number of carbonyl (C=O) groups is 1. The van der Waals surface area contributed by atoms with E-state index in [1.54, 1.807) is 6.07 Å². The van der Waals surface area contributed by atoms with Gasteiger partial charge in [-0.15, -0.1) is 0 Å². The van der Waals surface area contributed by atoms with E-state index in [-0.39, 0.29) is 5.56 Å². The molecule has 2 nitrogen and oxygen atoms in total. The van der Waals surface area contributed by atoms with Crippen molar-refractivity contribution in [3.05, 3.63) is 35.6 Å². The summed E-state index contributed by atoms with van der Waals surface area (Å²) in [4.78, 5) is 11.1. The highest BCUT2D eigenvalue weighted by Crippen LogP contribution is 2.08. The molecule has 0 aliphatic rings. The van der Waals surface area contributed by atoms with Crippen LogP contribution in [0.5, 0.6) is 0 Å². The molecule has 0 aromatic heterocycles. The molecule has 0 bridgehead atoms. The summed E-state index contributed by atoms with van der Waals surface area (Å²) in [6.45, 7) is 1.31. The Morgan fingerprint density at radius 1 is 1.50 bits per heavy atom. The van der Waals surface area contributed by atoms with Gasteiger partial charge in [0.25, 0.3) is 0 Å². The summed E-state index contributed by atoms with van der Waals surface area (Å²) in [5.41, 5.74) is -0.0625. The number of aliphatic hydroxyl groups is 1. The molecular formula is C9H9FO2.